The third-order valence-corrected chi connectivity index (χ3v) is 5.56. The van der Waals surface area contributed by atoms with Gasteiger partial charge in [0, 0.05) is 19.5 Å². The van der Waals surface area contributed by atoms with Gasteiger partial charge in [-0.1, -0.05) is 20.8 Å². The molecule has 2 rings (SSSR count). The summed E-state index contributed by atoms with van der Waals surface area (Å²) in [5.74, 6) is 0.293. The molecule has 0 fully saturated rings. The standard InChI is InChI=1S/C17H26N4O2S/c1-5-8-12-19-16-13(11(4)14(24-16)15(18)22)17(23)21(12)10-9-20(6-2)7-3/h5-10H2,1-4H3,(H2,18,22). The Labute approximate surface area is 146 Å². The lowest BCUT2D eigenvalue weighted by Gasteiger charge is -2.20. The van der Waals surface area contributed by atoms with E-state index in [0.717, 1.165) is 38.3 Å². The topological polar surface area (TPSA) is 81.2 Å². The van der Waals surface area contributed by atoms with Gasteiger partial charge in [-0.2, -0.15) is 0 Å². The predicted molar refractivity (Wildman–Crippen MR) is 98.9 cm³/mol. The first-order valence-corrected chi connectivity index (χ1v) is 9.31. The molecule has 0 spiro atoms. The predicted octanol–water partition coefficient (Wildman–Crippen LogP) is 2.16. The Morgan fingerprint density at radius 2 is 1.96 bits per heavy atom. The van der Waals surface area contributed by atoms with Crippen molar-refractivity contribution in [3.05, 3.63) is 26.6 Å². The number of aryl methyl sites for hydroxylation is 2. The molecule has 6 nitrogen and oxygen atoms in total. The highest BCUT2D eigenvalue weighted by molar-refractivity contribution is 7.20. The number of nitrogens with zero attached hydrogens (tertiary/aromatic N) is 3. The maximum absolute atomic E-state index is 13.0. The molecule has 2 heterocycles. The lowest BCUT2D eigenvalue weighted by molar-refractivity contribution is 0.100. The minimum Gasteiger partial charge on any atom is -0.365 e. The maximum Gasteiger partial charge on any atom is 0.262 e. The summed E-state index contributed by atoms with van der Waals surface area (Å²) >= 11 is 1.22. The van der Waals surface area contributed by atoms with E-state index < -0.39 is 5.91 Å². The average molecular weight is 350 g/mol. The second-order valence-corrected chi connectivity index (χ2v) is 6.86. The van der Waals surface area contributed by atoms with Crippen LogP contribution in [0.3, 0.4) is 0 Å². The zero-order valence-electron chi connectivity index (χ0n) is 14.9. The van der Waals surface area contributed by atoms with Crippen molar-refractivity contribution in [2.45, 2.75) is 47.1 Å². The van der Waals surface area contributed by atoms with Crippen molar-refractivity contribution in [3.63, 3.8) is 0 Å². The lowest BCUT2D eigenvalue weighted by atomic mass is 10.2. The largest absolute Gasteiger partial charge is 0.365 e. The van der Waals surface area contributed by atoms with Crippen LogP contribution in [0.4, 0.5) is 0 Å². The summed E-state index contributed by atoms with van der Waals surface area (Å²) in [6.07, 6.45) is 1.66. The van der Waals surface area contributed by atoms with E-state index in [1.165, 1.54) is 11.3 Å². The zero-order chi connectivity index (χ0) is 17.9. The summed E-state index contributed by atoms with van der Waals surface area (Å²) in [7, 11) is 0. The first kappa shape index (κ1) is 18.6. The van der Waals surface area contributed by atoms with E-state index in [-0.39, 0.29) is 5.56 Å². The van der Waals surface area contributed by atoms with Crippen molar-refractivity contribution < 1.29 is 4.79 Å². The monoisotopic (exact) mass is 350 g/mol. The molecule has 1 amide bonds. The Morgan fingerprint density at radius 3 is 2.50 bits per heavy atom. The van der Waals surface area contributed by atoms with E-state index in [4.69, 9.17) is 5.73 Å². The van der Waals surface area contributed by atoms with Gasteiger partial charge in [0.15, 0.2) is 0 Å². The van der Waals surface area contributed by atoms with E-state index in [2.05, 4.69) is 30.7 Å². The Morgan fingerprint density at radius 1 is 1.29 bits per heavy atom. The molecule has 2 aromatic rings. The second kappa shape index (κ2) is 7.90. The van der Waals surface area contributed by atoms with Gasteiger partial charge in [0.05, 0.1) is 10.3 Å². The molecule has 0 aliphatic rings. The third-order valence-electron chi connectivity index (χ3n) is 4.36. The van der Waals surface area contributed by atoms with Gasteiger partial charge < -0.3 is 10.6 Å². The van der Waals surface area contributed by atoms with Crippen LogP contribution in [-0.2, 0) is 13.0 Å². The number of hydrogen-bond acceptors (Lipinski definition) is 5. The summed E-state index contributed by atoms with van der Waals surface area (Å²) in [5, 5.41) is 0.535. The number of nitrogens with two attached hydrogens (primary N) is 1. The van der Waals surface area contributed by atoms with E-state index in [1.54, 1.807) is 11.5 Å². The van der Waals surface area contributed by atoms with Crippen LogP contribution in [0.1, 0.15) is 48.3 Å². The van der Waals surface area contributed by atoms with Crippen LogP contribution in [-0.4, -0.2) is 40.0 Å². The molecule has 2 aromatic heterocycles. The van der Waals surface area contributed by atoms with Crippen molar-refractivity contribution in [2.24, 2.45) is 5.73 Å². The van der Waals surface area contributed by atoms with Crippen LogP contribution in [0, 0.1) is 6.92 Å². The Bertz CT molecular complexity index is 790. The molecule has 7 heteroatoms. The second-order valence-electron chi connectivity index (χ2n) is 5.86. The van der Waals surface area contributed by atoms with Crippen LogP contribution >= 0.6 is 11.3 Å². The van der Waals surface area contributed by atoms with Crippen molar-refractivity contribution in [1.82, 2.24) is 14.5 Å². The highest BCUT2D eigenvalue weighted by Gasteiger charge is 2.20. The number of amides is 1. The number of primary amides is 1. The highest BCUT2D eigenvalue weighted by atomic mass is 32.1. The summed E-state index contributed by atoms with van der Waals surface area (Å²) < 4.78 is 1.77. The van der Waals surface area contributed by atoms with Crippen LogP contribution in [0.25, 0.3) is 10.2 Å². The summed E-state index contributed by atoms with van der Waals surface area (Å²) in [4.78, 5) is 32.6. The Balaban J connectivity index is 2.57. The minimum absolute atomic E-state index is 0.0585. The smallest absolute Gasteiger partial charge is 0.262 e. The van der Waals surface area contributed by atoms with Crippen molar-refractivity contribution >= 4 is 27.5 Å². The first-order valence-electron chi connectivity index (χ1n) is 8.49. The number of carbonyl (C=O) groups excluding carboxylic acids is 1. The van der Waals surface area contributed by atoms with Crippen LogP contribution in [0.2, 0.25) is 0 Å². The van der Waals surface area contributed by atoms with Gasteiger partial charge >= 0.3 is 0 Å². The molecule has 0 saturated carbocycles. The molecule has 0 aromatic carbocycles. The molecule has 0 radical (unpaired) electrons. The molecule has 0 atom stereocenters. The number of likely N-dealkylation sites (N-methyl/N-ethyl adjacent to an activating group) is 1. The van der Waals surface area contributed by atoms with Gasteiger partial charge in [0.1, 0.15) is 10.7 Å². The van der Waals surface area contributed by atoms with Gasteiger partial charge in [0.25, 0.3) is 11.5 Å². The number of carbonyl (C=O) groups is 1. The molecule has 0 aliphatic carbocycles. The molecule has 0 unspecified atom stereocenters. The molecule has 0 aliphatic heterocycles. The van der Waals surface area contributed by atoms with Gasteiger partial charge in [0.2, 0.25) is 0 Å². The fraction of sp³-hybridized carbons (Fsp3) is 0.588. The highest BCUT2D eigenvalue weighted by Crippen LogP contribution is 2.27. The summed E-state index contributed by atoms with van der Waals surface area (Å²) in [6.45, 7) is 11.4. The van der Waals surface area contributed by atoms with Crippen molar-refractivity contribution in [2.75, 3.05) is 19.6 Å². The molecule has 2 N–H and O–H groups in total. The summed E-state index contributed by atoms with van der Waals surface area (Å²) in [5.41, 5.74) is 6.02. The van der Waals surface area contributed by atoms with Crippen LogP contribution in [0.5, 0.6) is 0 Å². The SMILES string of the molecule is CCCc1nc2sc(C(N)=O)c(C)c2c(=O)n1CCN(CC)CC. The fourth-order valence-electron chi connectivity index (χ4n) is 2.92. The zero-order valence-corrected chi connectivity index (χ0v) is 15.7. The number of rotatable bonds is 8. The van der Waals surface area contributed by atoms with E-state index in [1.807, 2.05) is 0 Å². The average Bonchev–Trinajstić information content (AvgIpc) is 2.88. The molecule has 0 saturated heterocycles. The van der Waals surface area contributed by atoms with Crippen LogP contribution < -0.4 is 11.3 Å². The Kier molecular flexibility index (Phi) is 6.12. The number of thiophene rings is 1. The molecular weight excluding hydrogens is 324 g/mol. The van der Waals surface area contributed by atoms with E-state index >= 15 is 0 Å². The maximum atomic E-state index is 13.0. The Hall–Kier alpha value is -1.73. The lowest BCUT2D eigenvalue weighted by Crippen LogP contribution is -2.33. The van der Waals surface area contributed by atoms with Gasteiger partial charge in [-0.05, 0) is 32.0 Å². The molecule has 24 heavy (non-hydrogen) atoms. The van der Waals surface area contributed by atoms with E-state index in [9.17, 15) is 9.59 Å². The first-order chi connectivity index (χ1) is 11.4. The third kappa shape index (κ3) is 3.52. The van der Waals surface area contributed by atoms with Gasteiger partial charge in [-0.15, -0.1) is 11.3 Å². The van der Waals surface area contributed by atoms with Crippen LogP contribution in [0.15, 0.2) is 4.79 Å². The van der Waals surface area contributed by atoms with Crippen molar-refractivity contribution in [1.29, 1.82) is 0 Å². The van der Waals surface area contributed by atoms with Gasteiger partial charge in [-0.3, -0.25) is 14.2 Å². The minimum atomic E-state index is -0.498. The molecular formula is C17H26N4O2S. The molecule has 132 valence electrons. The number of fused-ring (bicyclic) bond motifs is 1. The van der Waals surface area contributed by atoms with Crippen molar-refractivity contribution in [3.8, 4) is 0 Å². The fourth-order valence-corrected chi connectivity index (χ4v) is 3.96. The number of hydrogen-bond donors (Lipinski definition) is 1. The quantitative estimate of drug-likeness (QED) is 0.791. The molecule has 0 bridgehead atoms. The summed E-state index contributed by atoms with van der Waals surface area (Å²) in [6, 6.07) is 0. The van der Waals surface area contributed by atoms with Gasteiger partial charge in [-0.25, -0.2) is 4.98 Å². The van der Waals surface area contributed by atoms with E-state index in [0.29, 0.717) is 27.2 Å². The normalized spacial score (nSPS) is 11.5. The number of aromatic nitrogens is 2.